The molecule has 1 aliphatic rings. The molecule has 0 amide bonds. The van der Waals surface area contributed by atoms with Crippen LogP contribution in [0.2, 0.25) is 0 Å². The minimum atomic E-state index is 0.991. The van der Waals surface area contributed by atoms with Crippen molar-refractivity contribution in [3.05, 3.63) is 78.1 Å². The third kappa shape index (κ3) is 3.49. The van der Waals surface area contributed by atoms with Gasteiger partial charge >= 0.3 is 0 Å². The summed E-state index contributed by atoms with van der Waals surface area (Å²) >= 11 is 0. The van der Waals surface area contributed by atoms with Gasteiger partial charge in [0.2, 0.25) is 0 Å². The number of allylic oxidation sites excluding steroid dienone is 1. The van der Waals surface area contributed by atoms with Crippen LogP contribution < -0.4 is 4.74 Å². The Balaban J connectivity index is 0.000000136. The third-order valence-corrected chi connectivity index (χ3v) is 2.54. The van der Waals surface area contributed by atoms with Crippen LogP contribution in [0, 0.1) is 6.92 Å². The number of hydrogen-bond donors (Lipinski definition) is 0. The van der Waals surface area contributed by atoms with Gasteiger partial charge in [-0.25, -0.2) is 0 Å². The van der Waals surface area contributed by atoms with Crippen LogP contribution in [0.1, 0.15) is 11.1 Å². The highest BCUT2D eigenvalue weighted by atomic mass is 16.5. The predicted octanol–water partition coefficient (Wildman–Crippen LogP) is 4.13. The topological polar surface area (TPSA) is 9.23 Å². The van der Waals surface area contributed by atoms with Crippen molar-refractivity contribution in [3.8, 4) is 5.75 Å². The van der Waals surface area contributed by atoms with Gasteiger partial charge in [-0.2, -0.15) is 0 Å². The maximum Gasteiger partial charge on any atom is 0.130 e. The lowest BCUT2D eigenvalue weighted by molar-refractivity contribution is 0.464. The molecule has 0 bridgehead atoms. The molecule has 2 aromatic rings. The molecule has 1 heteroatoms. The van der Waals surface area contributed by atoms with Crippen LogP contribution in [0.25, 0.3) is 0 Å². The Morgan fingerprint density at radius 1 is 0.882 bits per heavy atom. The lowest BCUT2D eigenvalue weighted by Gasteiger charge is -2.09. The number of hydrogen-bond acceptors (Lipinski definition) is 1. The Hall–Kier alpha value is -2.02. The number of para-hydroxylation sites is 1. The Bertz CT molecular complexity index is 459. The first kappa shape index (κ1) is 11.5. The minimum absolute atomic E-state index is 0.991. The molecule has 0 aliphatic carbocycles. The monoisotopic (exact) mass is 224 g/mol. The highest BCUT2D eigenvalue weighted by molar-refractivity contribution is 5.36. The summed E-state index contributed by atoms with van der Waals surface area (Å²) in [4.78, 5) is 0. The standard InChI is InChI=1S/C9H8O.C7H8/c1-2-6-9-8(4-1)5-3-7-10-9;1-7-5-3-2-4-6-7/h1-4,6-7H,5H2;2-6H,1H3. The Morgan fingerprint density at radius 2 is 1.59 bits per heavy atom. The molecule has 0 fully saturated rings. The number of aryl methyl sites for hydroxylation is 1. The highest BCUT2D eigenvalue weighted by Crippen LogP contribution is 2.21. The molecule has 17 heavy (non-hydrogen) atoms. The molecule has 0 saturated carbocycles. The smallest absolute Gasteiger partial charge is 0.130 e. The summed E-state index contributed by atoms with van der Waals surface area (Å²) < 4.78 is 5.24. The maximum atomic E-state index is 5.24. The van der Waals surface area contributed by atoms with Gasteiger partial charge < -0.3 is 4.74 Å². The van der Waals surface area contributed by atoms with E-state index in [9.17, 15) is 0 Å². The summed E-state index contributed by atoms with van der Waals surface area (Å²) in [6.07, 6.45) is 4.75. The van der Waals surface area contributed by atoms with Crippen LogP contribution in [0.5, 0.6) is 5.75 Å². The molecule has 0 radical (unpaired) electrons. The molecule has 0 N–H and O–H groups in total. The Morgan fingerprint density at radius 3 is 2.24 bits per heavy atom. The zero-order chi connectivity index (χ0) is 11.9. The number of ether oxygens (including phenoxy) is 1. The summed E-state index contributed by atoms with van der Waals surface area (Å²) in [7, 11) is 0. The zero-order valence-electron chi connectivity index (χ0n) is 9.97. The van der Waals surface area contributed by atoms with E-state index in [4.69, 9.17) is 4.74 Å². The van der Waals surface area contributed by atoms with Crippen LogP contribution in [-0.2, 0) is 6.42 Å². The van der Waals surface area contributed by atoms with Crippen LogP contribution >= 0.6 is 0 Å². The lowest BCUT2D eigenvalue weighted by atomic mass is 10.1. The summed E-state index contributed by atoms with van der Waals surface area (Å²) in [6.45, 7) is 2.08. The molecule has 1 aliphatic heterocycles. The lowest BCUT2D eigenvalue weighted by Crippen LogP contribution is -1.94. The Labute approximate surface area is 102 Å². The van der Waals surface area contributed by atoms with Crippen LogP contribution in [-0.4, -0.2) is 0 Å². The van der Waals surface area contributed by atoms with E-state index in [1.165, 1.54) is 11.1 Å². The van der Waals surface area contributed by atoms with Crippen molar-refractivity contribution in [1.82, 2.24) is 0 Å². The second-order valence-corrected chi connectivity index (χ2v) is 3.96. The van der Waals surface area contributed by atoms with Crippen LogP contribution in [0.4, 0.5) is 0 Å². The van der Waals surface area contributed by atoms with E-state index in [2.05, 4.69) is 25.1 Å². The van der Waals surface area contributed by atoms with Gasteiger partial charge in [0.05, 0.1) is 6.26 Å². The second kappa shape index (κ2) is 5.90. The van der Waals surface area contributed by atoms with Gasteiger partial charge in [-0.15, -0.1) is 0 Å². The SMILES string of the molecule is C1=COc2ccccc2C1.Cc1ccccc1. The first-order valence-corrected chi connectivity index (χ1v) is 5.77. The molecule has 3 rings (SSSR count). The van der Waals surface area contributed by atoms with Crippen molar-refractivity contribution in [2.75, 3.05) is 0 Å². The van der Waals surface area contributed by atoms with E-state index in [1.807, 2.05) is 42.5 Å². The van der Waals surface area contributed by atoms with E-state index >= 15 is 0 Å². The van der Waals surface area contributed by atoms with E-state index in [-0.39, 0.29) is 0 Å². The minimum Gasteiger partial charge on any atom is -0.465 e. The molecular formula is C16H16O. The maximum absolute atomic E-state index is 5.24. The fourth-order valence-corrected chi connectivity index (χ4v) is 1.62. The average molecular weight is 224 g/mol. The van der Waals surface area contributed by atoms with Gasteiger partial charge in [0.25, 0.3) is 0 Å². The molecule has 0 aromatic heterocycles. The van der Waals surface area contributed by atoms with Crippen LogP contribution in [0.15, 0.2) is 66.9 Å². The summed E-state index contributed by atoms with van der Waals surface area (Å²) in [5.74, 6) is 0.991. The molecule has 0 spiro atoms. The van der Waals surface area contributed by atoms with Gasteiger partial charge in [-0.05, 0) is 31.1 Å². The average Bonchev–Trinajstić information content (AvgIpc) is 2.41. The molecular weight excluding hydrogens is 208 g/mol. The molecule has 0 atom stereocenters. The fourth-order valence-electron chi connectivity index (χ4n) is 1.62. The molecule has 2 aromatic carbocycles. The fraction of sp³-hybridized carbons (Fsp3) is 0.125. The van der Waals surface area contributed by atoms with Gasteiger partial charge in [0.1, 0.15) is 5.75 Å². The van der Waals surface area contributed by atoms with E-state index in [0.717, 1.165) is 12.2 Å². The van der Waals surface area contributed by atoms with Crippen molar-refractivity contribution >= 4 is 0 Å². The summed E-state index contributed by atoms with van der Waals surface area (Å²) in [6, 6.07) is 18.3. The molecule has 86 valence electrons. The summed E-state index contributed by atoms with van der Waals surface area (Å²) in [5, 5.41) is 0. The largest absolute Gasteiger partial charge is 0.465 e. The molecule has 1 nitrogen and oxygen atoms in total. The molecule has 0 saturated heterocycles. The van der Waals surface area contributed by atoms with Gasteiger partial charge in [0, 0.05) is 0 Å². The van der Waals surface area contributed by atoms with Crippen molar-refractivity contribution < 1.29 is 4.74 Å². The van der Waals surface area contributed by atoms with Crippen molar-refractivity contribution in [2.24, 2.45) is 0 Å². The van der Waals surface area contributed by atoms with Gasteiger partial charge in [-0.1, -0.05) is 54.1 Å². The molecule has 1 heterocycles. The third-order valence-electron chi connectivity index (χ3n) is 2.54. The zero-order valence-corrected chi connectivity index (χ0v) is 9.97. The van der Waals surface area contributed by atoms with Crippen molar-refractivity contribution in [3.63, 3.8) is 0 Å². The highest BCUT2D eigenvalue weighted by Gasteiger charge is 2.02. The van der Waals surface area contributed by atoms with E-state index < -0.39 is 0 Å². The Kier molecular flexibility index (Phi) is 3.98. The first-order valence-electron chi connectivity index (χ1n) is 5.77. The van der Waals surface area contributed by atoms with E-state index in [0.29, 0.717) is 0 Å². The van der Waals surface area contributed by atoms with Gasteiger partial charge in [0.15, 0.2) is 0 Å². The van der Waals surface area contributed by atoms with Crippen molar-refractivity contribution in [1.29, 1.82) is 0 Å². The number of rotatable bonds is 0. The molecule has 0 unspecified atom stereocenters. The number of benzene rings is 2. The number of fused-ring (bicyclic) bond motifs is 1. The summed E-state index contributed by atoms with van der Waals surface area (Å²) in [5.41, 5.74) is 2.59. The first-order chi connectivity index (χ1) is 8.36. The second-order valence-electron chi connectivity index (χ2n) is 3.96. The quantitative estimate of drug-likeness (QED) is 0.653. The normalized spacial score (nSPS) is 11.8. The van der Waals surface area contributed by atoms with E-state index in [1.54, 1.807) is 6.26 Å². The van der Waals surface area contributed by atoms with Crippen molar-refractivity contribution in [2.45, 2.75) is 13.3 Å². The van der Waals surface area contributed by atoms with Crippen LogP contribution in [0.3, 0.4) is 0 Å². The predicted molar refractivity (Wildman–Crippen MR) is 71.1 cm³/mol. The van der Waals surface area contributed by atoms with Gasteiger partial charge in [-0.3, -0.25) is 0 Å².